The largest absolute Gasteiger partial charge is 0.459 e. The Morgan fingerprint density at radius 1 is 1.40 bits per heavy atom. The third kappa shape index (κ3) is 4.31. The lowest BCUT2D eigenvalue weighted by atomic mass is 10.2. The van der Waals surface area contributed by atoms with Crippen molar-refractivity contribution in [2.75, 3.05) is 12.3 Å². The zero-order valence-corrected chi connectivity index (χ0v) is 13.5. The molecule has 1 aromatic heterocycles. The molecule has 1 heterocycles. The molecule has 0 saturated carbocycles. The summed E-state index contributed by atoms with van der Waals surface area (Å²) in [6.07, 6.45) is 0.481. The maximum Gasteiger partial charge on any atom is 0.209 e. The molecule has 0 fully saturated rings. The molecule has 1 atom stereocenters. The minimum atomic E-state index is -3.38. The number of sulfonamides is 1. The highest BCUT2D eigenvalue weighted by molar-refractivity contribution is 9.10. The first kappa shape index (κ1) is 15.5. The summed E-state index contributed by atoms with van der Waals surface area (Å²) in [5.74, 6) is 0.813. The van der Waals surface area contributed by atoms with Crippen LogP contribution < -0.4 is 10.5 Å². The van der Waals surface area contributed by atoms with Crippen LogP contribution in [0.4, 0.5) is 0 Å². The number of nitrogens with two attached hydrogens (primary N) is 1. The van der Waals surface area contributed by atoms with Crippen LogP contribution in [0.1, 0.15) is 25.1 Å². The van der Waals surface area contributed by atoms with E-state index >= 15 is 0 Å². The van der Waals surface area contributed by atoms with Crippen LogP contribution in [0.5, 0.6) is 0 Å². The Balaban J connectivity index is 1.95. The first-order chi connectivity index (χ1) is 9.35. The number of hydrogen-bond acceptors (Lipinski definition) is 4. The van der Waals surface area contributed by atoms with Crippen molar-refractivity contribution in [1.82, 2.24) is 5.32 Å². The smallest absolute Gasteiger partial charge is 0.209 e. The van der Waals surface area contributed by atoms with Gasteiger partial charge in [-0.1, -0.05) is 15.9 Å². The number of fused-ring (bicyclic) bond motifs is 1. The van der Waals surface area contributed by atoms with Crippen molar-refractivity contribution in [3.8, 4) is 0 Å². The van der Waals surface area contributed by atoms with Crippen LogP contribution in [-0.4, -0.2) is 20.7 Å². The van der Waals surface area contributed by atoms with Gasteiger partial charge >= 0.3 is 0 Å². The quantitative estimate of drug-likeness (QED) is 0.775. The summed E-state index contributed by atoms with van der Waals surface area (Å²) in [6.45, 7) is 2.54. The van der Waals surface area contributed by atoms with Crippen molar-refractivity contribution >= 4 is 36.9 Å². The molecule has 2 rings (SSSR count). The highest BCUT2D eigenvalue weighted by Crippen LogP contribution is 2.26. The Morgan fingerprint density at radius 2 is 2.15 bits per heavy atom. The van der Waals surface area contributed by atoms with Crippen LogP contribution in [0.3, 0.4) is 0 Å². The van der Waals surface area contributed by atoms with E-state index in [1.807, 2.05) is 31.2 Å². The van der Waals surface area contributed by atoms with E-state index in [9.17, 15) is 8.42 Å². The van der Waals surface area contributed by atoms with Gasteiger partial charge in [0.2, 0.25) is 10.0 Å². The van der Waals surface area contributed by atoms with E-state index in [2.05, 4.69) is 21.2 Å². The van der Waals surface area contributed by atoms with E-state index in [1.54, 1.807) is 0 Å². The molecule has 0 radical (unpaired) electrons. The van der Waals surface area contributed by atoms with Crippen LogP contribution >= 0.6 is 15.9 Å². The summed E-state index contributed by atoms with van der Waals surface area (Å²) in [5.41, 5.74) is 0.835. The third-order valence-electron chi connectivity index (χ3n) is 2.98. The molecule has 0 aliphatic rings. The van der Waals surface area contributed by atoms with Crippen molar-refractivity contribution < 1.29 is 12.8 Å². The fraction of sp³-hybridized carbons (Fsp3) is 0.385. The van der Waals surface area contributed by atoms with E-state index in [1.165, 1.54) is 0 Å². The molecule has 0 saturated heterocycles. The number of hydrogen-bond donors (Lipinski definition) is 2. The van der Waals surface area contributed by atoms with E-state index in [0.29, 0.717) is 13.0 Å². The predicted octanol–water partition coefficient (Wildman–Crippen LogP) is 2.52. The van der Waals surface area contributed by atoms with Gasteiger partial charge in [-0.3, -0.25) is 0 Å². The van der Waals surface area contributed by atoms with Crippen molar-refractivity contribution in [3.05, 3.63) is 34.5 Å². The topological polar surface area (TPSA) is 85.3 Å². The minimum absolute atomic E-state index is 0.0141. The van der Waals surface area contributed by atoms with E-state index < -0.39 is 10.0 Å². The first-order valence-corrected chi connectivity index (χ1v) is 8.79. The molecule has 20 heavy (non-hydrogen) atoms. The number of rotatable bonds is 6. The minimum Gasteiger partial charge on any atom is -0.459 e. The molecular weight excluding hydrogens is 344 g/mol. The van der Waals surface area contributed by atoms with Gasteiger partial charge in [-0.05, 0) is 44.2 Å². The Hall–Kier alpha value is -0.890. The third-order valence-corrected chi connectivity index (χ3v) is 4.33. The van der Waals surface area contributed by atoms with E-state index in [0.717, 1.165) is 21.2 Å². The average molecular weight is 361 g/mol. The number of nitrogens with one attached hydrogen (secondary N) is 1. The highest BCUT2D eigenvalue weighted by Gasteiger charge is 2.11. The molecule has 5 nitrogen and oxygen atoms in total. The van der Waals surface area contributed by atoms with Crippen LogP contribution in [0.2, 0.25) is 0 Å². The van der Waals surface area contributed by atoms with E-state index in [-0.39, 0.29) is 11.8 Å². The number of furan rings is 1. The van der Waals surface area contributed by atoms with Gasteiger partial charge in [0.05, 0.1) is 11.8 Å². The molecule has 1 aromatic carbocycles. The summed E-state index contributed by atoms with van der Waals surface area (Å²) in [7, 11) is -3.38. The van der Waals surface area contributed by atoms with Crippen LogP contribution in [0, 0.1) is 0 Å². The summed E-state index contributed by atoms with van der Waals surface area (Å²) < 4.78 is 28.4. The standard InChI is InChI=1S/C13H17BrN2O3S/c1-9(16-5-2-6-20(15,17)18)13-8-10-7-11(14)3-4-12(10)19-13/h3-4,7-9,16H,2,5-6H2,1H3,(H2,15,17,18). The fourth-order valence-corrected chi connectivity index (χ4v) is 2.87. The molecule has 110 valence electrons. The second-order valence-corrected chi connectivity index (χ2v) is 7.38. The van der Waals surface area contributed by atoms with Gasteiger partial charge in [0.1, 0.15) is 11.3 Å². The second kappa shape index (κ2) is 6.26. The molecule has 1 unspecified atom stereocenters. The van der Waals surface area contributed by atoms with Crippen molar-refractivity contribution in [3.63, 3.8) is 0 Å². The molecule has 2 aromatic rings. The Kier molecular flexibility index (Phi) is 4.85. The number of halogens is 1. The van der Waals surface area contributed by atoms with Gasteiger partial charge in [-0.25, -0.2) is 13.6 Å². The van der Waals surface area contributed by atoms with Gasteiger partial charge in [0.25, 0.3) is 0 Å². The van der Waals surface area contributed by atoms with Gasteiger partial charge in [-0.2, -0.15) is 0 Å². The lowest BCUT2D eigenvalue weighted by molar-refractivity contribution is 0.451. The van der Waals surface area contributed by atoms with Gasteiger partial charge in [-0.15, -0.1) is 0 Å². The number of benzene rings is 1. The molecule has 3 N–H and O–H groups in total. The number of primary sulfonamides is 1. The van der Waals surface area contributed by atoms with Crippen molar-refractivity contribution in [2.45, 2.75) is 19.4 Å². The Bertz CT molecular complexity index is 697. The maximum absolute atomic E-state index is 10.8. The van der Waals surface area contributed by atoms with E-state index in [4.69, 9.17) is 9.56 Å². The lowest BCUT2D eigenvalue weighted by Crippen LogP contribution is -2.24. The SMILES string of the molecule is CC(NCCCS(N)(=O)=O)c1cc2cc(Br)ccc2o1. The van der Waals surface area contributed by atoms with Gasteiger partial charge in [0.15, 0.2) is 0 Å². The second-order valence-electron chi connectivity index (χ2n) is 4.73. The molecule has 0 spiro atoms. The van der Waals surface area contributed by atoms with Gasteiger partial charge in [0, 0.05) is 9.86 Å². The summed E-state index contributed by atoms with van der Waals surface area (Å²) >= 11 is 3.42. The fourth-order valence-electron chi connectivity index (χ4n) is 1.94. The van der Waals surface area contributed by atoms with Gasteiger partial charge < -0.3 is 9.73 Å². The maximum atomic E-state index is 10.8. The first-order valence-electron chi connectivity index (χ1n) is 6.28. The van der Waals surface area contributed by atoms with Crippen LogP contribution in [0.25, 0.3) is 11.0 Å². The molecule has 0 bridgehead atoms. The zero-order valence-electron chi connectivity index (χ0n) is 11.1. The summed E-state index contributed by atoms with van der Waals surface area (Å²) in [6, 6.07) is 7.84. The predicted molar refractivity (Wildman–Crippen MR) is 82.9 cm³/mol. The normalized spacial score (nSPS) is 13.8. The summed E-state index contributed by atoms with van der Waals surface area (Å²) in [5, 5.41) is 9.21. The molecular formula is C13H17BrN2O3S. The summed E-state index contributed by atoms with van der Waals surface area (Å²) in [4.78, 5) is 0. The Morgan fingerprint density at radius 3 is 2.85 bits per heavy atom. The van der Waals surface area contributed by atoms with Crippen LogP contribution in [-0.2, 0) is 10.0 Å². The monoisotopic (exact) mass is 360 g/mol. The molecule has 0 aliphatic heterocycles. The molecule has 7 heteroatoms. The zero-order chi connectivity index (χ0) is 14.8. The lowest BCUT2D eigenvalue weighted by Gasteiger charge is -2.10. The molecule has 0 amide bonds. The van der Waals surface area contributed by atoms with Crippen molar-refractivity contribution in [1.29, 1.82) is 0 Å². The average Bonchev–Trinajstić information content (AvgIpc) is 2.76. The Labute approximate surface area is 126 Å². The highest BCUT2D eigenvalue weighted by atomic mass is 79.9. The molecule has 0 aliphatic carbocycles. The van der Waals surface area contributed by atoms with Crippen LogP contribution in [0.15, 0.2) is 33.2 Å². The van der Waals surface area contributed by atoms with Crippen molar-refractivity contribution in [2.24, 2.45) is 5.14 Å².